The summed E-state index contributed by atoms with van der Waals surface area (Å²) in [6.07, 6.45) is -11.6. The van der Waals surface area contributed by atoms with Crippen molar-refractivity contribution < 1.29 is 79.1 Å². The van der Waals surface area contributed by atoms with Crippen molar-refractivity contribution in [2.75, 3.05) is 19.8 Å². The second kappa shape index (κ2) is 17.3. The molecular formula is C45H73NO16. The summed E-state index contributed by atoms with van der Waals surface area (Å²) in [5, 5.41) is 99.6. The minimum Gasteiger partial charge on any atom is -0.394 e. The van der Waals surface area contributed by atoms with E-state index in [9.17, 15) is 46.0 Å². The van der Waals surface area contributed by atoms with Gasteiger partial charge < -0.3 is 79.1 Å². The first kappa shape index (κ1) is 46.2. The largest absolute Gasteiger partial charge is 0.394 e. The van der Waals surface area contributed by atoms with Crippen LogP contribution in [0, 0.1) is 46.3 Å². The van der Waals surface area contributed by atoms with Gasteiger partial charge in [-0.05, 0) is 105 Å². The van der Waals surface area contributed by atoms with Crippen molar-refractivity contribution in [2.45, 2.75) is 202 Å². The number of rotatable bonds is 8. The highest BCUT2D eigenvalue weighted by Gasteiger charge is 2.68. The molecule has 0 bridgehead atoms. The van der Waals surface area contributed by atoms with Gasteiger partial charge in [0.05, 0.1) is 31.5 Å². The second-order valence-electron chi connectivity index (χ2n) is 21.2. The lowest BCUT2D eigenvalue weighted by atomic mass is 9.47. The standard InChI is InChI=1S/C45H73NO16/c1-19-8-13-45(46-16-19)20(2)30-27(62-45)15-26-24-7-6-22-14-23(9-11-43(22,4)25(24)10-12-44(26,30)5)57-42-39(61-40-35(53)33(51)31(49)21(3)56-40)37(55)38(29(18-48)59-42)60-41-36(54)34(52)32(50)28(17-47)58-41/h6,19-21,23-42,46-55H,7-18H2,1-5H3/t19?,20-,21-,23-,24?,25?,26?,27?,28-,29+,30?,31-,32-,33+,34+,35+,36-,37-,38+,39+,40-,41+,42+,43-,44-,45+/m0/s1. The molecule has 5 saturated heterocycles. The molecule has 0 amide bonds. The number of aliphatic hydroxyl groups is 9. The van der Waals surface area contributed by atoms with Gasteiger partial charge in [-0.3, -0.25) is 5.32 Å². The van der Waals surface area contributed by atoms with E-state index in [1.54, 1.807) is 0 Å². The van der Waals surface area contributed by atoms with Gasteiger partial charge in [0.2, 0.25) is 0 Å². The highest BCUT2D eigenvalue weighted by molar-refractivity contribution is 5.26. The summed E-state index contributed by atoms with van der Waals surface area (Å²) >= 11 is 0. The number of aliphatic hydroxyl groups excluding tert-OH is 9. The van der Waals surface area contributed by atoms with Crippen molar-refractivity contribution >= 4 is 0 Å². The fourth-order valence-corrected chi connectivity index (χ4v) is 14.2. The van der Waals surface area contributed by atoms with Gasteiger partial charge in [0.25, 0.3) is 0 Å². The molecule has 0 aromatic carbocycles. The Hall–Kier alpha value is -0.940. The first-order valence-electron chi connectivity index (χ1n) is 23.5. The SMILES string of the molecule is CC1CC[C@@]2(NC1)OC1CC3C4CC=C5C[C@@H](O[C@@H]6O[C@H](CO)[C@@H](O[C@H]7O[C@@H](CO)[C@H](O)[C@@H](O)[C@@H]7O)[C@H](O)[C@H]6O[C@@H]6O[C@@H](C)[C@H](O)[C@@H](O)[C@H]6O)CC[C@]5(C)C4CC[C@]3(C)C1[C@@H]2C. The fourth-order valence-electron chi connectivity index (χ4n) is 14.2. The summed E-state index contributed by atoms with van der Waals surface area (Å²) in [6.45, 7) is 10.9. The molecule has 9 aliphatic rings. The zero-order valence-corrected chi connectivity index (χ0v) is 36.7. The summed E-state index contributed by atoms with van der Waals surface area (Å²) in [4.78, 5) is 0. The molecule has 26 atom stereocenters. The Morgan fingerprint density at radius 3 is 2.06 bits per heavy atom. The molecule has 0 aromatic rings. The highest BCUT2D eigenvalue weighted by Crippen LogP contribution is 2.70. The third kappa shape index (κ3) is 7.49. The predicted molar refractivity (Wildman–Crippen MR) is 216 cm³/mol. The molecule has 3 saturated carbocycles. The number of ether oxygens (including phenoxy) is 7. The first-order chi connectivity index (χ1) is 29.4. The molecule has 1 spiro atoms. The Balaban J connectivity index is 0.917. The smallest absolute Gasteiger partial charge is 0.187 e. The molecule has 0 radical (unpaired) electrons. The molecular weight excluding hydrogens is 810 g/mol. The average molecular weight is 884 g/mol. The normalized spacial score (nSPS) is 57.6. The Morgan fingerprint density at radius 2 is 1.37 bits per heavy atom. The summed E-state index contributed by atoms with van der Waals surface area (Å²) in [5.41, 5.74) is 1.35. The summed E-state index contributed by atoms with van der Waals surface area (Å²) in [7, 11) is 0. The van der Waals surface area contributed by atoms with E-state index in [4.69, 9.17) is 33.2 Å². The number of hydrogen-bond donors (Lipinski definition) is 10. The Morgan fingerprint density at radius 1 is 0.694 bits per heavy atom. The topological polar surface area (TPSA) is 259 Å². The third-order valence-corrected chi connectivity index (χ3v) is 17.9. The van der Waals surface area contributed by atoms with Crippen molar-refractivity contribution in [1.29, 1.82) is 0 Å². The van der Waals surface area contributed by atoms with E-state index in [1.165, 1.54) is 25.3 Å². The van der Waals surface area contributed by atoms with Crippen LogP contribution in [0.15, 0.2) is 11.6 Å². The monoisotopic (exact) mass is 883 g/mol. The summed E-state index contributed by atoms with van der Waals surface area (Å²) in [6, 6.07) is 0. The van der Waals surface area contributed by atoms with Gasteiger partial charge in [0.15, 0.2) is 18.9 Å². The van der Waals surface area contributed by atoms with Gasteiger partial charge in [-0.1, -0.05) is 39.3 Å². The Kier molecular flexibility index (Phi) is 12.9. The van der Waals surface area contributed by atoms with E-state index in [2.05, 4.69) is 39.1 Å². The fraction of sp³-hybridized carbons (Fsp3) is 0.956. The van der Waals surface area contributed by atoms with Crippen LogP contribution >= 0.6 is 0 Å². The van der Waals surface area contributed by atoms with Crippen molar-refractivity contribution in [3.8, 4) is 0 Å². The second-order valence-corrected chi connectivity index (χ2v) is 21.2. The summed E-state index contributed by atoms with van der Waals surface area (Å²) < 4.78 is 43.5. The van der Waals surface area contributed by atoms with E-state index in [0.29, 0.717) is 48.3 Å². The number of nitrogens with one attached hydrogen (secondary N) is 1. The molecule has 5 heterocycles. The summed E-state index contributed by atoms with van der Waals surface area (Å²) in [5.74, 6) is 3.36. The molecule has 10 N–H and O–H groups in total. The highest BCUT2D eigenvalue weighted by atomic mass is 16.8. The maximum absolute atomic E-state index is 12.0. The van der Waals surface area contributed by atoms with Crippen LogP contribution in [0.2, 0.25) is 0 Å². The quantitative estimate of drug-likeness (QED) is 0.142. The van der Waals surface area contributed by atoms with Crippen LogP contribution in [0.4, 0.5) is 0 Å². The van der Waals surface area contributed by atoms with Gasteiger partial charge in [0, 0.05) is 12.5 Å². The van der Waals surface area contributed by atoms with Gasteiger partial charge >= 0.3 is 0 Å². The van der Waals surface area contributed by atoms with E-state index >= 15 is 0 Å². The van der Waals surface area contributed by atoms with Crippen molar-refractivity contribution in [1.82, 2.24) is 5.32 Å². The number of fused-ring (bicyclic) bond motifs is 7. The predicted octanol–water partition coefficient (Wildman–Crippen LogP) is -0.213. The van der Waals surface area contributed by atoms with Crippen LogP contribution in [0.5, 0.6) is 0 Å². The molecule has 354 valence electrons. The van der Waals surface area contributed by atoms with Gasteiger partial charge in [-0.2, -0.15) is 0 Å². The molecule has 62 heavy (non-hydrogen) atoms. The molecule has 8 fully saturated rings. The van der Waals surface area contributed by atoms with Crippen molar-refractivity contribution in [2.24, 2.45) is 46.3 Å². The Bertz CT molecular complexity index is 1610. The number of hydrogen-bond acceptors (Lipinski definition) is 17. The Labute approximate surface area is 364 Å². The van der Waals surface area contributed by atoms with E-state index in [1.807, 2.05) is 0 Å². The van der Waals surface area contributed by atoms with Crippen LogP contribution < -0.4 is 5.32 Å². The number of piperidine rings is 1. The average Bonchev–Trinajstić information content (AvgIpc) is 3.70. The zero-order valence-electron chi connectivity index (χ0n) is 36.7. The molecule has 4 aliphatic carbocycles. The molecule has 17 nitrogen and oxygen atoms in total. The molecule has 5 aliphatic heterocycles. The zero-order chi connectivity index (χ0) is 44.2. The molecule has 6 unspecified atom stereocenters. The molecule has 17 heteroatoms. The van der Waals surface area contributed by atoms with Gasteiger partial charge in [0.1, 0.15) is 72.9 Å². The van der Waals surface area contributed by atoms with E-state index in [-0.39, 0.29) is 28.8 Å². The van der Waals surface area contributed by atoms with Crippen molar-refractivity contribution in [3.05, 3.63) is 11.6 Å². The van der Waals surface area contributed by atoms with E-state index in [0.717, 1.165) is 38.6 Å². The maximum Gasteiger partial charge on any atom is 0.187 e. The van der Waals surface area contributed by atoms with Crippen LogP contribution in [0.25, 0.3) is 0 Å². The number of allylic oxidation sites excluding steroid dienone is 1. The minimum absolute atomic E-state index is 0.0233. The van der Waals surface area contributed by atoms with Crippen LogP contribution in [-0.4, -0.2) is 176 Å². The lowest BCUT2D eigenvalue weighted by Gasteiger charge is -2.59. The van der Waals surface area contributed by atoms with E-state index < -0.39 is 105 Å². The third-order valence-electron chi connectivity index (χ3n) is 17.9. The van der Waals surface area contributed by atoms with Crippen LogP contribution in [-0.2, 0) is 33.2 Å². The van der Waals surface area contributed by atoms with Gasteiger partial charge in [-0.15, -0.1) is 0 Å². The molecule has 9 rings (SSSR count). The maximum atomic E-state index is 12.0. The lowest BCUT2D eigenvalue weighted by Crippen LogP contribution is -2.67. The minimum atomic E-state index is -1.81. The van der Waals surface area contributed by atoms with Crippen molar-refractivity contribution in [3.63, 3.8) is 0 Å². The molecule has 0 aromatic heterocycles. The van der Waals surface area contributed by atoms with Gasteiger partial charge in [-0.25, -0.2) is 0 Å². The van der Waals surface area contributed by atoms with Crippen LogP contribution in [0.1, 0.15) is 92.4 Å². The lowest BCUT2D eigenvalue weighted by molar-refractivity contribution is -0.389. The first-order valence-corrected chi connectivity index (χ1v) is 23.5. The van der Waals surface area contributed by atoms with Crippen LogP contribution in [0.3, 0.4) is 0 Å².